The van der Waals surface area contributed by atoms with Crippen LogP contribution >= 0.6 is 0 Å². The zero-order valence-electron chi connectivity index (χ0n) is 10.6. The van der Waals surface area contributed by atoms with Crippen molar-refractivity contribution in [2.45, 2.75) is 24.9 Å². The van der Waals surface area contributed by atoms with Crippen LogP contribution in [0.3, 0.4) is 0 Å². The lowest BCUT2D eigenvalue weighted by atomic mass is 10.2. The van der Waals surface area contributed by atoms with Gasteiger partial charge >= 0.3 is 6.09 Å². The monoisotopic (exact) mass is 246 g/mol. The molecule has 2 aliphatic heterocycles. The Kier molecular flexibility index (Phi) is 2.96. The fraction of sp³-hybridized carbons (Fsp3) is 0.500. The van der Waals surface area contributed by atoms with Crippen molar-refractivity contribution < 1.29 is 9.53 Å². The van der Waals surface area contributed by atoms with E-state index in [1.165, 1.54) is 12.8 Å². The van der Waals surface area contributed by atoms with Gasteiger partial charge in [-0.05, 0) is 32.0 Å². The van der Waals surface area contributed by atoms with Crippen molar-refractivity contribution in [2.24, 2.45) is 0 Å². The van der Waals surface area contributed by atoms with Gasteiger partial charge in [0.15, 0.2) is 0 Å². The Balaban J connectivity index is 1.64. The van der Waals surface area contributed by atoms with Crippen molar-refractivity contribution in [1.29, 1.82) is 0 Å². The van der Waals surface area contributed by atoms with Gasteiger partial charge in [-0.3, -0.25) is 4.90 Å². The van der Waals surface area contributed by atoms with Gasteiger partial charge in [0.2, 0.25) is 0 Å². The summed E-state index contributed by atoms with van der Waals surface area (Å²) >= 11 is 0. The number of likely N-dealkylation sites (N-methyl/N-ethyl adjacent to an activating group) is 1. The van der Waals surface area contributed by atoms with E-state index in [1.807, 2.05) is 35.2 Å². The summed E-state index contributed by atoms with van der Waals surface area (Å²) in [5.41, 5.74) is 0. The van der Waals surface area contributed by atoms with Gasteiger partial charge in [0, 0.05) is 25.2 Å². The first kappa shape index (κ1) is 11.5. The Labute approximate surface area is 107 Å². The highest BCUT2D eigenvalue weighted by atomic mass is 16.6. The molecule has 2 saturated heterocycles. The molecular formula is C14H18N2O2. The molecule has 3 rings (SSSR count). The third-order valence-electron chi connectivity index (χ3n) is 4.05. The molecule has 4 heteroatoms. The Bertz CT molecular complexity index is 421. The van der Waals surface area contributed by atoms with E-state index < -0.39 is 0 Å². The zero-order valence-corrected chi connectivity index (χ0v) is 10.6. The van der Waals surface area contributed by atoms with Crippen molar-refractivity contribution in [2.75, 3.05) is 20.1 Å². The highest BCUT2D eigenvalue weighted by Gasteiger charge is 2.39. The minimum atomic E-state index is -0.216. The number of hydrogen-bond donors (Lipinski definition) is 0. The molecule has 2 atom stereocenters. The fourth-order valence-corrected chi connectivity index (χ4v) is 2.92. The van der Waals surface area contributed by atoms with Crippen LogP contribution in [0.25, 0.3) is 0 Å². The maximum Gasteiger partial charge on any atom is 0.415 e. The van der Waals surface area contributed by atoms with E-state index in [2.05, 4.69) is 11.9 Å². The van der Waals surface area contributed by atoms with E-state index >= 15 is 0 Å². The number of ether oxygens (including phenoxy) is 1. The first-order chi connectivity index (χ1) is 8.74. The number of likely N-dealkylation sites (tertiary alicyclic amines) is 1. The summed E-state index contributed by atoms with van der Waals surface area (Å²) in [7, 11) is 2.15. The molecule has 2 aliphatic rings. The predicted molar refractivity (Wildman–Crippen MR) is 68.6 cm³/mol. The lowest BCUT2D eigenvalue weighted by molar-refractivity contribution is 0.0825. The van der Waals surface area contributed by atoms with Gasteiger partial charge in [0.25, 0.3) is 0 Å². The van der Waals surface area contributed by atoms with Crippen LogP contribution in [0.15, 0.2) is 30.3 Å². The van der Waals surface area contributed by atoms with Gasteiger partial charge in [0.1, 0.15) is 5.75 Å². The SMILES string of the molecule is CN1C2CCC1CN(C(=O)Oc1ccccc1)C2. The van der Waals surface area contributed by atoms with Crippen molar-refractivity contribution in [3.8, 4) is 5.75 Å². The molecule has 1 amide bonds. The lowest BCUT2D eigenvalue weighted by Crippen LogP contribution is -2.54. The molecular weight excluding hydrogens is 228 g/mol. The number of para-hydroxylation sites is 1. The number of hydrogen-bond acceptors (Lipinski definition) is 3. The van der Waals surface area contributed by atoms with Gasteiger partial charge in [0.05, 0.1) is 0 Å². The quantitative estimate of drug-likeness (QED) is 0.759. The number of carbonyl (C=O) groups is 1. The molecule has 2 fully saturated rings. The van der Waals surface area contributed by atoms with Gasteiger partial charge in [-0.25, -0.2) is 4.79 Å². The number of benzene rings is 1. The first-order valence-corrected chi connectivity index (χ1v) is 6.48. The van der Waals surface area contributed by atoms with Crippen molar-refractivity contribution in [1.82, 2.24) is 9.80 Å². The maximum atomic E-state index is 12.1. The second-order valence-corrected chi connectivity index (χ2v) is 5.14. The largest absolute Gasteiger partial charge is 0.415 e. The molecule has 2 unspecified atom stereocenters. The minimum absolute atomic E-state index is 0.216. The van der Waals surface area contributed by atoms with Crippen molar-refractivity contribution in [3.05, 3.63) is 30.3 Å². The van der Waals surface area contributed by atoms with Crippen LogP contribution in [0, 0.1) is 0 Å². The summed E-state index contributed by atoms with van der Waals surface area (Å²) in [5, 5.41) is 0. The summed E-state index contributed by atoms with van der Waals surface area (Å²) in [6.45, 7) is 1.58. The summed E-state index contributed by atoms with van der Waals surface area (Å²) in [6, 6.07) is 10.3. The summed E-state index contributed by atoms with van der Waals surface area (Å²) in [4.78, 5) is 16.3. The third kappa shape index (κ3) is 2.08. The predicted octanol–water partition coefficient (Wildman–Crippen LogP) is 1.96. The van der Waals surface area contributed by atoms with E-state index in [1.54, 1.807) is 0 Å². The Morgan fingerprint density at radius 3 is 2.39 bits per heavy atom. The summed E-state index contributed by atoms with van der Waals surface area (Å²) < 4.78 is 5.38. The van der Waals surface area contributed by atoms with Crippen LogP contribution in [0.1, 0.15) is 12.8 Å². The third-order valence-corrected chi connectivity index (χ3v) is 4.05. The molecule has 1 aromatic rings. The van der Waals surface area contributed by atoms with Crippen LogP contribution in [-0.4, -0.2) is 48.1 Å². The van der Waals surface area contributed by atoms with Gasteiger partial charge in [-0.15, -0.1) is 0 Å². The average Bonchev–Trinajstić information content (AvgIpc) is 2.63. The van der Waals surface area contributed by atoms with Gasteiger partial charge in [-0.1, -0.05) is 18.2 Å². The second-order valence-electron chi connectivity index (χ2n) is 5.14. The number of nitrogens with zero attached hydrogens (tertiary/aromatic N) is 2. The molecule has 96 valence electrons. The van der Waals surface area contributed by atoms with Crippen LogP contribution in [0.2, 0.25) is 0 Å². The second kappa shape index (κ2) is 4.61. The molecule has 4 nitrogen and oxygen atoms in total. The van der Waals surface area contributed by atoms with Crippen molar-refractivity contribution in [3.63, 3.8) is 0 Å². The maximum absolute atomic E-state index is 12.1. The molecule has 18 heavy (non-hydrogen) atoms. The van der Waals surface area contributed by atoms with E-state index in [9.17, 15) is 4.79 Å². The highest BCUT2D eigenvalue weighted by molar-refractivity contribution is 5.71. The minimum Gasteiger partial charge on any atom is -0.410 e. The molecule has 0 aliphatic carbocycles. The molecule has 2 heterocycles. The smallest absolute Gasteiger partial charge is 0.410 e. The average molecular weight is 246 g/mol. The molecule has 0 spiro atoms. The van der Waals surface area contributed by atoms with Crippen LogP contribution in [-0.2, 0) is 0 Å². The Morgan fingerprint density at radius 1 is 1.17 bits per heavy atom. The van der Waals surface area contributed by atoms with E-state index in [-0.39, 0.29) is 6.09 Å². The number of rotatable bonds is 1. The van der Waals surface area contributed by atoms with E-state index in [4.69, 9.17) is 4.74 Å². The number of fused-ring (bicyclic) bond motifs is 2. The van der Waals surface area contributed by atoms with Crippen molar-refractivity contribution >= 4 is 6.09 Å². The Morgan fingerprint density at radius 2 is 1.78 bits per heavy atom. The molecule has 0 saturated carbocycles. The van der Waals surface area contributed by atoms with E-state index in [0.29, 0.717) is 17.8 Å². The Hall–Kier alpha value is -1.55. The lowest BCUT2D eigenvalue weighted by Gasteiger charge is -2.38. The van der Waals surface area contributed by atoms with Crippen LogP contribution in [0.5, 0.6) is 5.75 Å². The molecule has 2 bridgehead atoms. The fourth-order valence-electron chi connectivity index (χ4n) is 2.92. The van der Waals surface area contributed by atoms with Crippen LogP contribution in [0.4, 0.5) is 4.79 Å². The normalized spacial score (nSPS) is 27.3. The first-order valence-electron chi connectivity index (χ1n) is 6.48. The summed E-state index contributed by atoms with van der Waals surface area (Å²) in [5.74, 6) is 0.619. The van der Waals surface area contributed by atoms with Gasteiger partial charge in [-0.2, -0.15) is 0 Å². The highest BCUT2D eigenvalue weighted by Crippen LogP contribution is 2.28. The molecule has 0 aromatic heterocycles. The van der Waals surface area contributed by atoms with E-state index in [0.717, 1.165) is 13.1 Å². The van der Waals surface area contributed by atoms with Crippen LogP contribution < -0.4 is 4.74 Å². The molecule has 0 radical (unpaired) electrons. The number of carbonyl (C=O) groups excluding carboxylic acids is 1. The zero-order chi connectivity index (χ0) is 12.5. The van der Waals surface area contributed by atoms with Gasteiger partial charge < -0.3 is 9.64 Å². The number of amides is 1. The molecule has 0 N–H and O–H groups in total. The summed E-state index contributed by atoms with van der Waals surface area (Å²) in [6.07, 6.45) is 2.17. The topological polar surface area (TPSA) is 32.8 Å². The molecule has 1 aromatic carbocycles. The standard InChI is InChI=1S/C14H18N2O2/c1-15-11-7-8-12(15)10-16(9-11)14(17)18-13-5-3-2-4-6-13/h2-6,11-12H,7-10H2,1H3. The number of piperazine rings is 1.